The first kappa shape index (κ1) is 12.6. The van der Waals surface area contributed by atoms with Gasteiger partial charge in [-0.1, -0.05) is 23.4 Å². The van der Waals surface area contributed by atoms with Crippen LogP contribution in [0, 0.1) is 0 Å². The van der Waals surface area contributed by atoms with Crippen LogP contribution in [0.3, 0.4) is 0 Å². The van der Waals surface area contributed by atoms with Gasteiger partial charge in [0.25, 0.3) is 5.76 Å². The van der Waals surface area contributed by atoms with Crippen molar-refractivity contribution in [2.45, 2.75) is 6.42 Å². The molecule has 22 heavy (non-hydrogen) atoms. The summed E-state index contributed by atoms with van der Waals surface area (Å²) in [5.41, 5.74) is 2.68. The molecule has 0 fully saturated rings. The Balaban J connectivity index is 1.73. The number of aromatic nitrogens is 1. The van der Waals surface area contributed by atoms with Crippen molar-refractivity contribution in [1.82, 2.24) is 5.16 Å². The van der Waals surface area contributed by atoms with E-state index in [2.05, 4.69) is 11.2 Å². The molecule has 5 nitrogen and oxygen atoms in total. The normalized spacial score (nSPS) is 11.3. The van der Waals surface area contributed by atoms with Crippen molar-refractivity contribution in [1.29, 1.82) is 0 Å². The fourth-order valence-electron chi connectivity index (χ4n) is 2.61. The van der Waals surface area contributed by atoms with Crippen LogP contribution < -0.4 is 0 Å². The lowest BCUT2D eigenvalue weighted by Crippen LogP contribution is -1.94. The molecule has 0 radical (unpaired) electrons. The minimum absolute atomic E-state index is 0.123. The number of nitrogens with zero attached hydrogens (tertiary/aromatic N) is 1. The summed E-state index contributed by atoms with van der Waals surface area (Å²) in [6, 6.07) is 11.6. The van der Waals surface area contributed by atoms with E-state index in [-0.39, 0.29) is 5.76 Å². The van der Waals surface area contributed by atoms with Crippen LogP contribution in [0.4, 0.5) is 0 Å². The predicted octanol–water partition coefficient (Wildman–Crippen LogP) is 3.86. The number of hydrogen-bond donors (Lipinski definition) is 1. The molecule has 4 rings (SSSR count). The maximum atomic E-state index is 11.1. The molecule has 5 heteroatoms. The van der Waals surface area contributed by atoms with Crippen LogP contribution in [0.15, 0.2) is 57.9 Å². The van der Waals surface area contributed by atoms with E-state index in [0.29, 0.717) is 17.3 Å². The van der Waals surface area contributed by atoms with E-state index in [1.807, 2.05) is 24.3 Å². The Bertz CT molecular complexity index is 996. The van der Waals surface area contributed by atoms with Crippen molar-refractivity contribution in [3.63, 3.8) is 0 Å². The summed E-state index contributed by atoms with van der Waals surface area (Å²) < 4.78 is 10.0. The van der Waals surface area contributed by atoms with Gasteiger partial charge >= 0.3 is 5.97 Å². The summed E-state index contributed by atoms with van der Waals surface area (Å²) in [6.07, 6.45) is 4.12. The number of furan rings is 1. The molecule has 0 atom stereocenters. The molecule has 2 aromatic heterocycles. The molecular weight excluding hydrogens is 282 g/mol. The van der Waals surface area contributed by atoms with Crippen LogP contribution in [-0.4, -0.2) is 16.2 Å². The maximum absolute atomic E-state index is 11.1. The van der Waals surface area contributed by atoms with Crippen molar-refractivity contribution in [2.24, 2.45) is 0 Å². The van der Waals surface area contributed by atoms with Crippen LogP contribution >= 0.6 is 0 Å². The van der Waals surface area contributed by atoms with Gasteiger partial charge in [-0.05, 0) is 35.7 Å². The van der Waals surface area contributed by atoms with E-state index >= 15 is 0 Å². The maximum Gasteiger partial charge on any atom is 0.375 e. The minimum Gasteiger partial charge on any atom is -0.475 e. The van der Waals surface area contributed by atoms with E-state index in [1.54, 1.807) is 18.6 Å². The molecule has 0 saturated carbocycles. The second-order valence-electron chi connectivity index (χ2n) is 5.18. The second kappa shape index (κ2) is 4.73. The van der Waals surface area contributed by atoms with Gasteiger partial charge in [0, 0.05) is 10.8 Å². The Morgan fingerprint density at radius 1 is 1.05 bits per heavy atom. The summed E-state index contributed by atoms with van der Waals surface area (Å²) in [4.78, 5) is 11.1. The number of aromatic carboxylic acids is 1. The van der Waals surface area contributed by atoms with E-state index in [0.717, 1.165) is 21.9 Å². The average molecular weight is 293 g/mol. The standard InChI is InChI=1S/C17H11NO4/c19-17(20)16-14-7-11(2-4-15(14)18-22-16)5-10-1-3-12-8-21-9-13(12)6-10/h1-4,6-9H,5H2,(H,19,20). The van der Waals surface area contributed by atoms with Gasteiger partial charge < -0.3 is 14.0 Å². The third-order valence-corrected chi connectivity index (χ3v) is 3.68. The molecule has 0 saturated heterocycles. The van der Waals surface area contributed by atoms with Crippen LogP contribution in [0.5, 0.6) is 0 Å². The number of carbonyl (C=O) groups is 1. The number of rotatable bonds is 3. The highest BCUT2D eigenvalue weighted by Gasteiger charge is 2.15. The molecule has 0 aliphatic heterocycles. The fraction of sp³-hybridized carbons (Fsp3) is 0.0588. The Labute approximate surface area is 124 Å². The monoisotopic (exact) mass is 293 g/mol. The Hall–Kier alpha value is -3.08. The zero-order chi connectivity index (χ0) is 15.1. The van der Waals surface area contributed by atoms with Gasteiger partial charge in [0.15, 0.2) is 0 Å². The summed E-state index contributed by atoms with van der Waals surface area (Å²) in [6.45, 7) is 0. The summed E-state index contributed by atoms with van der Waals surface area (Å²) in [5, 5.41) is 15.5. The largest absolute Gasteiger partial charge is 0.475 e. The summed E-state index contributed by atoms with van der Waals surface area (Å²) in [5.74, 6) is -1.23. The molecule has 2 aromatic carbocycles. The van der Waals surface area contributed by atoms with E-state index in [1.165, 1.54) is 0 Å². The highest BCUT2D eigenvalue weighted by Crippen LogP contribution is 2.23. The van der Waals surface area contributed by atoms with Crippen molar-refractivity contribution in [3.8, 4) is 0 Å². The number of fused-ring (bicyclic) bond motifs is 2. The molecule has 0 aliphatic rings. The lowest BCUT2D eigenvalue weighted by atomic mass is 10.0. The van der Waals surface area contributed by atoms with Gasteiger partial charge in [-0.25, -0.2) is 4.79 Å². The topological polar surface area (TPSA) is 76.5 Å². The molecule has 0 bridgehead atoms. The number of hydrogen-bond acceptors (Lipinski definition) is 4. The molecule has 0 unspecified atom stereocenters. The van der Waals surface area contributed by atoms with Gasteiger partial charge in [0.05, 0.1) is 17.9 Å². The number of benzene rings is 2. The lowest BCUT2D eigenvalue weighted by molar-refractivity contribution is 0.0655. The van der Waals surface area contributed by atoms with Crippen LogP contribution in [0.25, 0.3) is 21.7 Å². The zero-order valence-electron chi connectivity index (χ0n) is 11.4. The smallest absolute Gasteiger partial charge is 0.375 e. The van der Waals surface area contributed by atoms with Gasteiger partial charge in [-0.3, -0.25) is 0 Å². The van der Waals surface area contributed by atoms with Crippen LogP contribution in [0.1, 0.15) is 21.7 Å². The van der Waals surface area contributed by atoms with Crippen molar-refractivity contribution >= 4 is 27.6 Å². The van der Waals surface area contributed by atoms with Crippen molar-refractivity contribution in [3.05, 3.63) is 65.8 Å². The van der Waals surface area contributed by atoms with Gasteiger partial charge in [-0.2, -0.15) is 0 Å². The number of carboxylic acid groups (broad SMARTS) is 1. The van der Waals surface area contributed by atoms with Gasteiger partial charge in [-0.15, -0.1) is 0 Å². The van der Waals surface area contributed by atoms with E-state index in [4.69, 9.17) is 14.0 Å². The zero-order valence-corrected chi connectivity index (χ0v) is 11.4. The first-order valence-electron chi connectivity index (χ1n) is 6.77. The molecule has 0 aliphatic carbocycles. The molecular formula is C17H11NO4. The molecule has 4 aromatic rings. The molecule has 1 N–H and O–H groups in total. The van der Waals surface area contributed by atoms with Gasteiger partial charge in [0.2, 0.25) is 0 Å². The fourth-order valence-corrected chi connectivity index (χ4v) is 2.61. The Morgan fingerprint density at radius 2 is 1.82 bits per heavy atom. The SMILES string of the molecule is O=C(O)c1onc2ccc(Cc3ccc4cocc4c3)cc12. The van der Waals surface area contributed by atoms with Crippen molar-refractivity contribution in [2.75, 3.05) is 0 Å². The molecule has 0 amide bonds. The third kappa shape index (κ3) is 2.03. The second-order valence-corrected chi connectivity index (χ2v) is 5.18. The average Bonchev–Trinajstić information content (AvgIpc) is 3.12. The lowest BCUT2D eigenvalue weighted by Gasteiger charge is -2.02. The third-order valence-electron chi connectivity index (χ3n) is 3.68. The van der Waals surface area contributed by atoms with Crippen LogP contribution in [0.2, 0.25) is 0 Å². The van der Waals surface area contributed by atoms with Gasteiger partial charge in [0.1, 0.15) is 5.52 Å². The predicted molar refractivity (Wildman–Crippen MR) is 80.0 cm³/mol. The first-order chi connectivity index (χ1) is 10.7. The summed E-state index contributed by atoms with van der Waals surface area (Å²) in [7, 11) is 0. The quantitative estimate of drug-likeness (QED) is 0.620. The Morgan fingerprint density at radius 3 is 2.68 bits per heavy atom. The minimum atomic E-state index is -1.11. The van der Waals surface area contributed by atoms with E-state index < -0.39 is 5.97 Å². The van der Waals surface area contributed by atoms with Crippen LogP contribution in [-0.2, 0) is 6.42 Å². The first-order valence-corrected chi connectivity index (χ1v) is 6.77. The van der Waals surface area contributed by atoms with E-state index in [9.17, 15) is 4.79 Å². The van der Waals surface area contributed by atoms with Crippen molar-refractivity contribution < 1.29 is 18.8 Å². The number of carboxylic acids is 1. The summed E-state index contributed by atoms with van der Waals surface area (Å²) >= 11 is 0. The highest BCUT2D eigenvalue weighted by atomic mass is 16.5. The molecule has 108 valence electrons. The molecule has 2 heterocycles. The Kier molecular flexibility index (Phi) is 2.72. The highest BCUT2D eigenvalue weighted by molar-refractivity contribution is 6.00. The molecule has 0 spiro atoms.